The molecule has 0 aliphatic carbocycles. The van der Waals surface area contributed by atoms with Crippen LogP contribution in [0.2, 0.25) is 0 Å². The minimum atomic E-state index is -0.0980. The Kier molecular flexibility index (Phi) is 9.26. The van der Waals surface area contributed by atoms with Crippen LogP contribution < -0.4 is 5.73 Å². The Morgan fingerprint density at radius 2 is 1.80 bits per heavy atom. The van der Waals surface area contributed by atoms with Gasteiger partial charge in [0.1, 0.15) is 0 Å². The Morgan fingerprint density at radius 3 is 2.35 bits per heavy atom. The second-order valence-electron chi connectivity index (χ2n) is 5.35. The number of nitrogens with zero attached hydrogens (tertiary/aromatic N) is 1. The van der Waals surface area contributed by atoms with Crippen LogP contribution in [0, 0.1) is 5.92 Å². The third-order valence-electron chi connectivity index (χ3n) is 3.61. The number of unbranched alkanes of at least 4 members (excludes halogenated alkanes) is 1. The van der Waals surface area contributed by atoms with Gasteiger partial charge in [-0.05, 0) is 31.7 Å². The van der Waals surface area contributed by atoms with E-state index < -0.39 is 0 Å². The lowest BCUT2D eigenvalue weighted by Gasteiger charge is -2.23. The Bertz CT molecular complexity index is 381. The van der Waals surface area contributed by atoms with E-state index in [1.807, 2.05) is 27.0 Å². The van der Waals surface area contributed by atoms with E-state index >= 15 is 0 Å². The average molecular weight is 299 g/mol. The van der Waals surface area contributed by atoms with Gasteiger partial charge < -0.3 is 10.6 Å². The summed E-state index contributed by atoms with van der Waals surface area (Å²) < 4.78 is 0. The number of nitrogens with two attached hydrogens (primary N) is 1. The van der Waals surface area contributed by atoms with Crippen molar-refractivity contribution in [2.45, 2.75) is 39.2 Å². The average Bonchev–Trinajstić information content (AvgIpc) is 2.42. The van der Waals surface area contributed by atoms with E-state index in [9.17, 15) is 4.79 Å². The molecule has 4 heteroatoms. The third kappa shape index (κ3) is 6.40. The summed E-state index contributed by atoms with van der Waals surface area (Å²) >= 11 is 0. The molecule has 0 aliphatic heterocycles. The van der Waals surface area contributed by atoms with Crippen molar-refractivity contribution in [3.63, 3.8) is 0 Å². The van der Waals surface area contributed by atoms with E-state index in [0.717, 1.165) is 25.8 Å². The molecule has 0 bridgehead atoms. The number of hydrogen-bond donors (Lipinski definition) is 1. The van der Waals surface area contributed by atoms with Crippen molar-refractivity contribution in [2.75, 3.05) is 13.6 Å². The molecule has 0 radical (unpaired) electrons. The number of amides is 1. The fourth-order valence-corrected chi connectivity index (χ4v) is 2.01. The molecule has 2 atom stereocenters. The second kappa shape index (κ2) is 9.78. The standard InChI is InChI=1S/C16H26N2O.ClH/c1-13(14(2)17)16(19)18(3)12-8-7-11-15-9-5-4-6-10-15;/h4-6,9-10,13-14H,7-8,11-12,17H2,1-3H3;1H. The number of aryl methyl sites for hydroxylation is 1. The van der Waals surface area contributed by atoms with E-state index in [4.69, 9.17) is 5.73 Å². The first kappa shape index (κ1) is 18.9. The molecule has 2 N–H and O–H groups in total. The van der Waals surface area contributed by atoms with Crippen LogP contribution in [0.5, 0.6) is 0 Å². The van der Waals surface area contributed by atoms with Crippen LogP contribution in [-0.4, -0.2) is 30.4 Å². The van der Waals surface area contributed by atoms with Crippen molar-refractivity contribution < 1.29 is 4.79 Å². The van der Waals surface area contributed by atoms with Crippen LogP contribution in [0.1, 0.15) is 32.3 Å². The predicted octanol–water partition coefficient (Wildman–Crippen LogP) is 2.87. The summed E-state index contributed by atoms with van der Waals surface area (Å²) in [7, 11) is 1.86. The molecule has 1 amide bonds. The zero-order chi connectivity index (χ0) is 14.3. The van der Waals surface area contributed by atoms with E-state index in [1.54, 1.807) is 4.90 Å². The number of halogens is 1. The maximum Gasteiger partial charge on any atom is 0.226 e. The quantitative estimate of drug-likeness (QED) is 0.787. The molecule has 3 nitrogen and oxygen atoms in total. The van der Waals surface area contributed by atoms with Crippen molar-refractivity contribution >= 4 is 18.3 Å². The summed E-state index contributed by atoms with van der Waals surface area (Å²) in [5.74, 6) is 0.0498. The normalized spacial score (nSPS) is 13.2. The molecule has 1 aromatic rings. The molecule has 1 aromatic carbocycles. The summed E-state index contributed by atoms with van der Waals surface area (Å²) in [6, 6.07) is 10.4. The Hall–Kier alpha value is -1.06. The molecule has 0 heterocycles. The molecule has 0 aromatic heterocycles. The molecule has 0 fully saturated rings. The Balaban J connectivity index is 0.00000361. The summed E-state index contributed by atoms with van der Waals surface area (Å²) in [6.45, 7) is 4.59. The first-order chi connectivity index (χ1) is 9.02. The van der Waals surface area contributed by atoms with Gasteiger partial charge >= 0.3 is 0 Å². The maximum absolute atomic E-state index is 12.0. The molecule has 114 valence electrons. The van der Waals surface area contributed by atoms with Gasteiger partial charge in [0.25, 0.3) is 0 Å². The summed E-state index contributed by atoms with van der Waals surface area (Å²) in [4.78, 5) is 13.8. The number of benzene rings is 1. The van der Waals surface area contributed by atoms with Crippen molar-refractivity contribution in [1.29, 1.82) is 0 Å². The zero-order valence-electron chi connectivity index (χ0n) is 12.7. The first-order valence-corrected chi connectivity index (χ1v) is 7.07. The highest BCUT2D eigenvalue weighted by molar-refractivity contribution is 5.85. The highest BCUT2D eigenvalue weighted by Gasteiger charge is 2.20. The van der Waals surface area contributed by atoms with Gasteiger partial charge in [0, 0.05) is 19.6 Å². The van der Waals surface area contributed by atoms with Gasteiger partial charge in [0.15, 0.2) is 0 Å². The topological polar surface area (TPSA) is 46.3 Å². The summed E-state index contributed by atoms with van der Waals surface area (Å²) in [5.41, 5.74) is 7.12. The van der Waals surface area contributed by atoms with Gasteiger partial charge in [-0.3, -0.25) is 4.79 Å². The van der Waals surface area contributed by atoms with E-state index in [-0.39, 0.29) is 30.3 Å². The molecule has 1 rings (SSSR count). The van der Waals surface area contributed by atoms with Crippen LogP contribution in [0.4, 0.5) is 0 Å². The third-order valence-corrected chi connectivity index (χ3v) is 3.61. The van der Waals surface area contributed by atoms with E-state index in [0.29, 0.717) is 0 Å². The number of rotatable bonds is 7. The van der Waals surface area contributed by atoms with E-state index in [2.05, 4.69) is 24.3 Å². The molecule has 2 unspecified atom stereocenters. The molecule has 0 aliphatic rings. The number of carbonyl (C=O) groups is 1. The van der Waals surface area contributed by atoms with Gasteiger partial charge in [0.2, 0.25) is 5.91 Å². The van der Waals surface area contributed by atoms with Crippen molar-refractivity contribution in [3.05, 3.63) is 35.9 Å². The largest absolute Gasteiger partial charge is 0.345 e. The van der Waals surface area contributed by atoms with Crippen LogP contribution in [0.3, 0.4) is 0 Å². The molecule has 20 heavy (non-hydrogen) atoms. The van der Waals surface area contributed by atoms with Gasteiger partial charge in [-0.25, -0.2) is 0 Å². The van der Waals surface area contributed by atoms with Gasteiger partial charge in [0.05, 0.1) is 5.92 Å². The summed E-state index contributed by atoms with van der Waals surface area (Å²) in [5, 5.41) is 0. The smallest absolute Gasteiger partial charge is 0.226 e. The van der Waals surface area contributed by atoms with Crippen molar-refractivity contribution in [1.82, 2.24) is 4.90 Å². The number of carbonyl (C=O) groups excluding carboxylic acids is 1. The SMILES string of the molecule is CC(N)C(C)C(=O)N(C)CCCCc1ccccc1.Cl. The fraction of sp³-hybridized carbons (Fsp3) is 0.562. The molecule has 0 saturated heterocycles. The second-order valence-corrected chi connectivity index (χ2v) is 5.35. The van der Waals surface area contributed by atoms with Crippen LogP contribution >= 0.6 is 12.4 Å². The van der Waals surface area contributed by atoms with Crippen molar-refractivity contribution in [3.8, 4) is 0 Å². The van der Waals surface area contributed by atoms with Crippen LogP contribution in [0.25, 0.3) is 0 Å². The van der Waals surface area contributed by atoms with Gasteiger partial charge in [-0.15, -0.1) is 12.4 Å². The highest BCUT2D eigenvalue weighted by Crippen LogP contribution is 2.08. The minimum Gasteiger partial charge on any atom is -0.345 e. The highest BCUT2D eigenvalue weighted by atomic mass is 35.5. The van der Waals surface area contributed by atoms with Gasteiger partial charge in [-0.1, -0.05) is 37.3 Å². The molecule has 0 saturated carbocycles. The van der Waals surface area contributed by atoms with Crippen LogP contribution in [0.15, 0.2) is 30.3 Å². The van der Waals surface area contributed by atoms with Crippen LogP contribution in [-0.2, 0) is 11.2 Å². The van der Waals surface area contributed by atoms with Gasteiger partial charge in [-0.2, -0.15) is 0 Å². The monoisotopic (exact) mass is 298 g/mol. The summed E-state index contributed by atoms with van der Waals surface area (Å²) in [6.07, 6.45) is 3.21. The zero-order valence-corrected chi connectivity index (χ0v) is 13.5. The van der Waals surface area contributed by atoms with Crippen molar-refractivity contribution in [2.24, 2.45) is 11.7 Å². The van der Waals surface area contributed by atoms with E-state index in [1.165, 1.54) is 5.56 Å². The predicted molar refractivity (Wildman–Crippen MR) is 87.1 cm³/mol. The number of hydrogen-bond acceptors (Lipinski definition) is 2. The fourth-order valence-electron chi connectivity index (χ4n) is 2.01. The maximum atomic E-state index is 12.0. The first-order valence-electron chi connectivity index (χ1n) is 7.07. The Labute approximate surface area is 128 Å². The molecule has 0 spiro atoms. The lowest BCUT2D eigenvalue weighted by Crippen LogP contribution is -2.40. The lowest BCUT2D eigenvalue weighted by molar-refractivity contribution is -0.134. The minimum absolute atomic E-state index is 0. The molecular weight excluding hydrogens is 272 g/mol. The lowest BCUT2D eigenvalue weighted by atomic mass is 10.0. The molecular formula is C16H27ClN2O. The Morgan fingerprint density at radius 1 is 1.20 bits per heavy atom.